The van der Waals surface area contributed by atoms with Crippen molar-refractivity contribution in [3.8, 4) is 0 Å². The lowest BCUT2D eigenvalue weighted by Gasteiger charge is -2.27. The van der Waals surface area contributed by atoms with Gasteiger partial charge in [-0.3, -0.25) is 4.90 Å². The van der Waals surface area contributed by atoms with E-state index in [4.69, 9.17) is 0 Å². The summed E-state index contributed by atoms with van der Waals surface area (Å²) in [6.45, 7) is 5.60. The standard InChI is InChI=1S/C25H37N5O2S/c31-33(32,28-15-18-30-16-13-26-14-17-30)23-11-12-24(29-22-9-5-2-6-10-22)25(19-23)27-20-21-7-3-1-4-8-21/h1,3-4,7-8,11-12,19,22,26-29H,2,5-6,9-10,13-18,20H2. The monoisotopic (exact) mass is 471 g/mol. The van der Waals surface area contributed by atoms with Crippen LogP contribution in [0.5, 0.6) is 0 Å². The Bertz CT molecular complexity index is 972. The minimum absolute atomic E-state index is 0.299. The molecule has 2 aliphatic rings. The number of nitrogens with one attached hydrogen (secondary N) is 4. The molecular weight excluding hydrogens is 434 g/mol. The molecule has 0 radical (unpaired) electrons. The summed E-state index contributed by atoms with van der Waals surface area (Å²) in [7, 11) is -3.58. The molecule has 1 heterocycles. The first-order valence-electron chi connectivity index (χ1n) is 12.2. The van der Waals surface area contributed by atoms with Gasteiger partial charge in [0.1, 0.15) is 0 Å². The Labute approximate surface area is 198 Å². The zero-order chi connectivity index (χ0) is 22.9. The third kappa shape index (κ3) is 7.17. The van der Waals surface area contributed by atoms with Gasteiger partial charge < -0.3 is 16.0 Å². The van der Waals surface area contributed by atoms with E-state index in [1.807, 2.05) is 24.3 Å². The molecule has 0 aromatic heterocycles. The van der Waals surface area contributed by atoms with Crippen molar-refractivity contribution >= 4 is 21.4 Å². The van der Waals surface area contributed by atoms with E-state index in [1.54, 1.807) is 12.1 Å². The Morgan fingerprint density at radius 1 is 0.939 bits per heavy atom. The van der Waals surface area contributed by atoms with Crippen LogP contribution in [0.4, 0.5) is 11.4 Å². The summed E-state index contributed by atoms with van der Waals surface area (Å²) < 4.78 is 28.8. The fourth-order valence-electron chi connectivity index (χ4n) is 4.58. The van der Waals surface area contributed by atoms with Crippen LogP contribution in [-0.2, 0) is 16.6 Å². The van der Waals surface area contributed by atoms with Gasteiger partial charge in [0.15, 0.2) is 0 Å². The number of anilines is 2. The molecule has 8 heteroatoms. The fourth-order valence-corrected chi connectivity index (χ4v) is 5.63. The Balaban J connectivity index is 1.45. The summed E-state index contributed by atoms with van der Waals surface area (Å²) in [5, 5.41) is 10.4. The summed E-state index contributed by atoms with van der Waals surface area (Å²) in [6.07, 6.45) is 6.10. The lowest BCUT2D eigenvalue weighted by molar-refractivity contribution is 0.245. The molecule has 1 aliphatic heterocycles. The van der Waals surface area contributed by atoms with Gasteiger partial charge in [-0.05, 0) is 36.6 Å². The minimum Gasteiger partial charge on any atom is -0.381 e. The zero-order valence-electron chi connectivity index (χ0n) is 19.4. The lowest BCUT2D eigenvalue weighted by Crippen LogP contribution is -2.46. The Kier molecular flexibility index (Phi) is 8.61. The second-order valence-corrected chi connectivity index (χ2v) is 10.8. The van der Waals surface area contributed by atoms with E-state index in [2.05, 4.69) is 37.7 Å². The van der Waals surface area contributed by atoms with Crippen LogP contribution in [0.15, 0.2) is 53.4 Å². The van der Waals surface area contributed by atoms with Gasteiger partial charge in [-0.15, -0.1) is 0 Å². The van der Waals surface area contributed by atoms with Crippen LogP contribution >= 0.6 is 0 Å². The first kappa shape index (κ1) is 24.0. The van der Waals surface area contributed by atoms with E-state index in [0.29, 0.717) is 24.0 Å². The maximum absolute atomic E-state index is 13.0. The van der Waals surface area contributed by atoms with Crippen molar-refractivity contribution in [1.82, 2.24) is 14.9 Å². The third-order valence-corrected chi connectivity index (χ3v) is 7.98. The van der Waals surface area contributed by atoms with Crippen molar-refractivity contribution < 1.29 is 8.42 Å². The normalized spacial score (nSPS) is 18.2. The molecule has 1 saturated carbocycles. The molecule has 0 bridgehead atoms. The molecule has 7 nitrogen and oxygen atoms in total. The Morgan fingerprint density at radius 2 is 1.70 bits per heavy atom. The van der Waals surface area contributed by atoms with E-state index >= 15 is 0 Å². The van der Waals surface area contributed by atoms with Crippen LogP contribution in [0.3, 0.4) is 0 Å². The van der Waals surface area contributed by atoms with Crippen molar-refractivity contribution in [2.45, 2.75) is 49.6 Å². The molecule has 4 rings (SSSR count). The van der Waals surface area contributed by atoms with Crippen LogP contribution in [-0.4, -0.2) is 58.6 Å². The minimum atomic E-state index is -3.58. The van der Waals surface area contributed by atoms with E-state index in [-0.39, 0.29) is 0 Å². The highest BCUT2D eigenvalue weighted by molar-refractivity contribution is 7.89. The van der Waals surface area contributed by atoms with Gasteiger partial charge in [0, 0.05) is 51.9 Å². The maximum atomic E-state index is 13.0. The number of sulfonamides is 1. The van der Waals surface area contributed by atoms with E-state index in [1.165, 1.54) is 19.3 Å². The average Bonchev–Trinajstić information content (AvgIpc) is 2.85. The molecule has 2 aromatic rings. The van der Waals surface area contributed by atoms with Crippen LogP contribution in [0.25, 0.3) is 0 Å². The summed E-state index contributed by atoms with van der Waals surface area (Å²) >= 11 is 0. The van der Waals surface area contributed by atoms with Crippen molar-refractivity contribution in [2.24, 2.45) is 0 Å². The molecule has 2 aromatic carbocycles. The molecule has 180 valence electrons. The summed E-state index contributed by atoms with van der Waals surface area (Å²) in [6, 6.07) is 16.0. The Hall–Kier alpha value is -2.13. The first-order chi connectivity index (χ1) is 16.1. The molecule has 1 saturated heterocycles. The van der Waals surface area contributed by atoms with Gasteiger partial charge in [0.05, 0.1) is 16.3 Å². The number of nitrogens with zero attached hydrogens (tertiary/aromatic N) is 1. The van der Waals surface area contributed by atoms with Crippen molar-refractivity contribution in [1.29, 1.82) is 0 Å². The van der Waals surface area contributed by atoms with Crippen LogP contribution in [0.1, 0.15) is 37.7 Å². The second kappa shape index (κ2) is 11.8. The van der Waals surface area contributed by atoms with E-state index < -0.39 is 10.0 Å². The van der Waals surface area contributed by atoms with Gasteiger partial charge in [-0.2, -0.15) is 0 Å². The van der Waals surface area contributed by atoms with E-state index in [9.17, 15) is 8.42 Å². The van der Waals surface area contributed by atoms with Gasteiger partial charge in [0.25, 0.3) is 0 Å². The number of hydrogen-bond acceptors (Lipinski definition) is 6. The molecule has 33 heavy (non-hydrogen) atoms. The summed E-state index contributed by atoms with van der Waals surface area (Å²) in [5.74, 6) is 0. The van der Waals surface area contributed by atoms with E-state index in [0.717, 1.165) is 62.5 Å². The molecule has 2 fully saturated rings. The highest BCUT2D eigenvalue weighted by Crippen LogP contribution is 2.29. The van der Waals surface area contributed by atoms with Crippen molar-refractivity contribution in [3.05, 3.63) is 54.1 Å². The molecule has 0 atom stereocenters. The van der Waals surface area contributed by atoms with Gasteiger partial charge in [0.2, 0.25) is 10.0 Å². The maximum Gasteiger partial charge on any atom is 0.240 e. The van der Waals surface area contributed by atoms with Crippen molar-refractivity contribution in [3.63, 3.8) is 0 Å². The number of rotatable bonds is 10. The SMILES string of the molecule is O=S(=O)(NCCN1CCNCC1)c1ccc(NC2CCCCC2)c(NCc2ccccc2)c1. The third-order valence-electron chi connectivity index (χ3n) is 6.52. The van der Waals surface area contributed by atoms with Crippen LogP contribution in [0, 0.1) is 0 Å². The molecule has 0 amide bonds. The topological polar surface area (TPSA) is 85.5 Å². The molecule has 4 N–H and O–H groups in total. The second-order valence-electron chi connectivity index (χ2n) is 9.02. The molecule has 0 unspecified atom stereocenters. The number of benzene rings is 2. The van der Waals surface area contributed by atoms with Gasteiger partial charge in [-0.25, -0.2) is 13.1 Å². The molecule has 0 spiro atoms. The fraction of sp³-hybridized carbons (Fsp3) is 0.520. The van der Waals surface area contributed by atoms with Crippen molar-refractivity contribution in [2.75, 3.05) is 49.9 Å². The summed E-state index contributed by atoms with van der Waals surface area (Å²) in [4.78, 5) is 2.58. The average molecular weight is 472 g/mol. The van der Waals surface area contributed by atoms with Gasteiger partial charge >= 0.3 is 0 Å². The predicted molar refractivity (Wildman–Crippen MR) is 135 cm³/mol. The zero-order valence-corrected chi connectivity index (χ0v) is 20.2. The quantitative estimate of drug-likeness (QED) is 0.426. The highest BCUT2D eigenvalue weighted by Gasteiger charge is 2.19. The van der Waals surface area contributed by atoms with Crippen LogP contribution in [0.2, 0.25) is 0 Å². The largest absolute Gasteiger partial charge is 0.381 e. The molecule has 1 aliphatic carbocycles. The first-order valence-corrected chi connectivity index (χ1v) is 13.7. The Morgan fingerprint density at radius 3 is 2.45 bits per heavy atom. The number of hydrogen-bond donors (Lipinski definition) is 4. The molecular formula is C25H37N5O2S. The highest BCUT2D eigenvalue weighted by atomic mass is 32.2. The smallest absolute Gasteiger partial charge is 0.240 e. The lowest BCUT2D eigenvalue weighted by atomic mass is 9.95. The predicted octanol–water partition coefficient (Wildman–Crippen LogP) is 3.23. The summed E-state index contributed by atoms with van der Waals surface area (Å²) in [5.41, 5.74) is 2.95. The number of piperazine rings is 1. The van der Waals surface area contributed by atoms with Gasteiger partial charge in [-0.1, -0.05) is 49.6 Å². The van der Waals surface area contributed by atoms with Crippen LogP contribution < -0.4 is 20.7 Å².